The van der Waals surface area contributed by atoms with Gasteiger partial charge in [0, 0.05) is 5.92 Å². The van der Waals surface area contributed by atoms with Crippen LogP contribution in [0, 0.1) is 5.92 Å². The van der Waals surface area contributed by atoms with Gasteiger partial charge >= 0.3 is 59.5 Å². The van der Waals surface area contributed by atoms with Gasteiger partial charge in [0.25, 0.3) is 0 Å². The van der Waals surface area contributed by atoms with Crippen LogP contribution in [-0.4, -0.2) is 59.5 Å². The zero-order valence-corrected chi connectivity index (χ0v) is 21.9. The molecule has 0 radical (unpaired) electrons. The topological polar surface area (TPSA) is 0 Å². The van der Waals surface area contributed by atoms with Crippen LogP contribution in [-0.2, 0) is 6.42 Å². The normalized spacial score (nSPS) is 20.8. The minimum Gasteiger partial charge on any atom is -0.199 e. The van der Waals surface area contributed by atoms with E-state index in [-0.39, 0.29) is 0 Å². The largest absolute Gasteiger partial charge is 0.460 e. The minimum absolute atomic E-state index is 0.424. The van der Waals surface area contributed by atoms with Gasteiger partial charge in [0.2, 0.25) is 0 Å². The summed E-state index contributed by atoms with van der Waals surface area (Å²) >= 11 is 0. The molecule has 0 saturated heterocycles. The molecule has 1 aliphatic carbocycles. The van der Waals surface area contributed by atoms with Gasteiger partial charge in [-0.3, -0.25) is 0 Å². The van der Waals surface area contributed by atoms with Gasteiger partial charge in [-0.05, 0) is 49.1 Å². The van der Waals surface area contributed by atoms with E-state index >= 15 is 0 Å². The third kappa shape index (κ3) is 5.38. The molecule has 1 saturated carbocycles. The number of aryl methyl sites for hydroxylation is 1. The lowest BCUT2D eigenvalue weighted by atomic mass is 9.73. The van der Waals surface area contributed by atoms with E-state index in [2.05, 4.69) is 0 Å². The summed E-state index contributed by atoms with van der Waals surface area (Å²) in [6.45, 7) is 1.76. The van der Waals surface area contributed by atoms with Crippen molar-refractivity contribution in [3.8, 4) is 0 Å². The van der Waals surface area contributed by atoms with Gasteiger partial charge in [0.1, 0.15) is 0 Å². The zero-order valence-electron chi connectivity index (χ0n) is 21.9. The Morgan fingerprint density at radius 2 is 0.756 bits per heavy atom. The molecule has 1 fully saturated rings. The van der Waals surface area contributed by atoms with Crippen LogP contribution in [0.4, 0.5) is 92.2 Å². The van der Waals surface area contributed by atoms with Crippen molar-refractivity contribution in [3.05, 3.63) is 35.4 Å². The molecule has 0 heterocycles. The van der Waals surface area contributed by atoms with Crippen LogP contribution in [0.1, 0.15) is 49.7 Å². The molecule has 1 aromatic carbocycles. The lowest BCUT2D eigenvalue weighted by Crippen LogP contribution is -2.77. The average Bonchev–Trinajstić information content (AvgIpc) is 2.91. The van der Waals surface area contributed by atoms with Crippen LogP contribution in [0.5, 0.6) is 0 Å². The van der Waals surface area contributed by atoms with Crippen LogP contribution < -0.4 is 0 Å². The molecule has 0 amide bonds. The first-order valence-corrected chi connectivity index (χ1v) is 12.3. The average molecular weight is 706 g/mol. The smallest absolute Gasteiger partial charge is 0.199 e. The molecule has 0 bridgehead atoms. The fourth-order valence-electron chi connectivity index (χ4n) is 4.64. The van der Waals surface area contributed by atoms with Crippen LogP contribution in [0.2, 0.25) is 0 Å². The monoisotopic (exact) mass is 706 g/mol. The Hall–Kier alpha value is -2.25. The maximum Gasteiger partial charge on any atom is 0.460 e. The van der Waals surface area contributed by atoms with E-state index in [9.17, 15) is 92.2 Å². The summed E-state index contributed by atoms with van der Waals surface area (Å²) in [4.78, 5) is 0. The summed E-state index contributed by atoms with van der Waals surface area (Å²) in [6, 6.07) is 6.12. The highest BCUT2D eigenvalue weighted by Crippen LogP contribution is 2.67. The summed E-state index contributed by atoms with van der Waals surface area (Å²) in [6.07, 6.45) is -10.9. The van der Waals surface area contributed by atoms with Crippen molar-refractivity contribution >= 4 is 0 Å². The second-order valence-electron chi connectivity index (χ2n) is 10.4. The zero-order chi connectivity index (χ0) is 35.7. The van der Waals surface area contributed by atoms with E-state index in [4.69, 9.17) is 0 Å². The highest BCUT2D eigenvalue weighted by Gasteiger charge is 2.98. The van der Waals surface area contributed by atoms with E-state index in [1.54, 1.807) is 19.1 Å². The molecule has 21 heteroatoms. The number of alkyl halides is 21. The molecule has 0 aliphatic heterocycles. The Morgan fingerprint density at radius 3 is 1.07 bits per heavy atom. The Kier molecular flexibility index (Phi) is 9.67. The lowest BCUT2D eigenvalue weighted by molar-refractivity contribution is -0.475. The van der Waals surface area contributed by atoms with Gasteiger partial charge < -0.3 is 0 Å². The van der Waals surface area contributed by atoms with Crippen molar-refractivity contribution < 1.29 is 92.2 Å². The first-order chi connectivity index (χ1) is 19.8. The molecule has 45 heavy (non-hydrogen) atoms. The van der Waals surface area contributed by atoms with Gasteiger partial charge in [-0.25, -0.2) is 0 Å². The Balaban J connectivity index is 2.48. The van der Waals surface area contributed by atoms with Gasteiger partial charge in [-0.15, -0.1) is 0 Å². The van der Waals surface area contributed by atoms with E-state index in [1.807, 2.05) is 0 Å². The second-order valence-corrected chi connectivity index (χ2v) is 10.4. The summed E-state index contributed by atoms with van der Waals surface area (Å²) in [7, 11) is 0. The first-order valence-electron chi connectivity index (χ1n) is 12.3. The predicted octanol–water partition coefficient (Wildman–Crippen LogP) is 10.8. The molecule has 1 aromatic rings. The second kappa shape index (κ2) is 11.2. The molecule has 0 unspecified atom stereocenters. The number of rotatable bonds is 11. The van der Waals surface area contributed by atoms with Gasteiger partial charge in [0.05, 0.1) is 0 Å². The van der Waals surface area contributed by atoms with Crippen molar-refractivity contribution in [1.29, 1.82) is 0 Å². The van der Waals surface area contributed by atoms with Crippen molar-refractivity contribution in [1.82, 2.24) is 0 Å². The fraction of sp³-hybridized carbons (Fsp3) is 0.750. The van der Waals surface area contributed by atoms with Crippen molar-refractivity contribution in [2.24, 2.45) is 5.92 Å². The maximum absolute atomic E-state index is 14.6. The quantitative estimate of drug-likeness (QED) is 0.201. The molecular weight excluding hydrogens is 687 g/mol. The van der Waals surface area contributed by atoms with Crippen molar-refractivity contribution in [3.63, 3.8) is 0 Å². The maximum atomic E-state index is 14.6. The molecule has 262 valence electrons. The molecule has 0 atom stereocenters. The van der Waals surface area contributed by atoms with Crippen LogP contribution in [0.25, 0.3) is 0 Å². The number of halogens is 21. The molecule has 0 spiro atoms. The Bertz CT molecular complexity index is 1170. The van der Waals surface area contributed by atoms with Crippen molar-refractivity contribution in [2.75, 3.05) is 0 Å². The SMILES string of the molecule is CCc1ccc(C2CCC(C(F)(F)C(F)(F)C(F)(F)C(F)(F)C(F)(F)C(F)(F)C(F)(F)C(F)(F)C(F)(F)C(F)(F)F)CC2)cc1. The van der Waals surface area contributed by atoms with Gasteiger partial charge in [0.15, 0.2) is 0 Å². The predicted molar refractivity (Wildman–Crippen MR) is 111 cm³/mol. The third-order valence-electron chi connectivity index (χ3n) is 7.63. The number of hydrogen-bond donors (Lipinski definition) is 0. The highest BCUT2D eigenvalue weighted by atomic mass is 19.4. The fourth-order valence-corrected chi connectivity index (χ4v) is 4.64. The summed E-state index contributed by atoms with van der Waals surface area (Å²) in [5.74, 6) is -80.3. The number of benzene rings is 1. The van der Waals surface area contributed by atoms with Crippen molar-refractivity contribution in [2.45, 2.75) is 104 Å². The van der Waals surface area contributed by atoms with E-state index in [0.717, 1.165) is 5.56 Å². The summed E-state index contributed by atoms with van der Waals surface area (Å²) in [5.41, 5.74) is 1.22. The Labute approximate surface area is 238 Å². The highest BCUT2D eigenvalue weighted by molar-refractivity contribution is 5.26. The first kappa shape index (κ1) is 38.9. The molecule has 0 N–H and O–H groups in total. The van der Waals surface area contributed by atoms with E-state index in [0.29, 0.717) is 12.0 Å². The molecule has 2 rings (SSSR count). The molecule has 0 aromatic heterocycles. The third-order valence-corrected chi connectivity index (χ3v) is 7.63. The van der Waals surface area contributed by atoms with Crippen LogP contribution in [0.15, 0.2) is 24.3 Å². The van der Waals surface area contributed by atoms with Gasteiger partial charge in [-0.1, -0.05) is 31.2 Å². The molecular formula is C24H19F21. The standard InChI is InChI=1S/C24H19F21/c1-2-11-3-5-12(6-4-11)13-7-9-14(10-8-13)15(25,26)16(27,28)17(29,30)18(31,32)19(33,34)20(35,36)21(37,38)22(39,40)23(41,42)24(43,44)45/h3-6,13-14H,2,7-10H2,1H3. The molecule has 0 nitrogen and oxygen atoms in total. The van der Waals surface area contributed by atoms with Gasteiger partial charge in [-0.2, -0.15) is 92.2 Å². The van der Waals surface area contributed by atoms with Crippen LogP contribution in [0.3, 0.4) is 0 Å². The number of hydrogen-bond acceptors (Lipinski definition) is 0. The van der Waals surface area contributed by atoms with Crippen LogP contribution >= 0.6 is 0 Å². The Morgan fingerprint density at radius 1 is 0.444 bits per heavy atom. The molecule has 1 aliphatic rings. The summed E-state index contributed by atoms with van der Waals surface area (Å²) < 4.78 is 286. The minimum atomic E-state index is -9.15. The lowest BCUT2D eigenvalue weighted by Gasteiger charge is -2.46. The summed E-state index contributed by atoms with van der Waals surface area (Å²) in [5, 5.41) is 0. The van der Waals surface area contributed by atoms with E-state index in [1.165, 1.54) is 12.1 Å². The van der Waals surface area contributed by atoms with E-state index < -0.39 is 97.0 Å².